The Balaban J connectivity index is 1.72. The van der Waals surface area contributed by atoms with Gasteiger partial charge in [-0.15, -0.1) is 0 Å². The summed E-state index contributed by atoms with van der Waals surface area (Å²) < 4.78 is 0. The zero-order valence-electron chi connectivity index (χ0n) is 11.8. The highest BCUT2D eigenvalue weighted by molar-refractivity contribution is 6.36. The van der Waals surface area contributed by atoms with E-state index < -0.39 is 0 Å². The van der Waals surface area contributed by atoms with E-state index in [-0.39, 0.29) is 11.8 Å². The average molecular weight is 312 g/mol. The number of halogens is 1. The second kappa shape index (κ2) is 5.14. The second-order valence-electron chi connectivity index (χ2n) is 5.56. The molecule has 1 fully saturated rings. The Morgan fingerprint density at radius 3 is 2.68 bits per heavy atom. The highest BCUT2D eigenvalue weighted by atomic mass is 35.5. The van der Waals surface area contributed by atoms with Gasteiger partial charge in [-0.05, 0) is 17.7 Å². The number of fused-ring (bicyclic) bond motifs is 1. The van der Waals surface area contributed by atoms with E-state index in [1.165, 1.54) is 5.56 Å². The summed E-state index contributed by atoms with van der Waals surface area (Å²) in [6.07, 6.45) is 0.566. The molecule has 110 valence electrons. The van der Waals surface area contributed by atoms with Gasteiger partial charge in [0.15, 0.2) is 0 Å². The van der Waals surface area contributed by atoms with E-state index in [2.05, 4.69) is 27.6 Å². The minimum Gasteiger partial charge on any atom is -0.355 e. The highest BCUT2D eigenvalue weighted by Crippen LogP contribution is 2.33. The molecular formula is C17H14ClN3O. The van der Waals surface area contributed by atoms with E-state index in [0.717, 1.165) is 28.7 Å². The molecule has 4 nitrogen and oxygen atoms in total. The molecule has 0 saturated carbocycles. The molecule has 2 aromatic carbocycles. The number of rotatable bonds is 2. The average Bonchev–Trinajstić information content (AvgIpc) is 3.15. The molecule has 0 aliphatic carbocycles. The van der Waals surface area contributed by atoms with Gasteiger partial charge >= 0.3 is 0 Å². The number of hydrogen-bond acceptors (Lipinski definition) is 2. The Morgan fingerprint density at radius 2 is 1.95 bits per heavy atom. The number of H-pyrrole nitrogens is 1. The quantitative estimate of drug-likeness (QED) is 0.761. The predicted molar refractivity (Wildman–Crippen MR) is 86.9 cm³/mol. The maximum absolute atomic E-state index is 11.3. The number of benzene rings is 2. The standard InChI is InChI=1S/C17H14ClN3O/c18-13-2-1-3-14-16(13)17(21-20-14)11-6-4-10(5-7-11)12-8-15(22)19-9-12/h1-7,12H,8-9H2,(H,19,22)(H,20,21). The monoisotopic (exact) mass is 311 g/mol. The Kier molecular flexibility index (Phi) is 3.12. The van der Waals surface area contributed by atoms with E-state index >= 15 is 0 Å². The molecule has 5 heteroatoms. The molecule has 1 amide bonds. The predicted octanol–water partition coefficient (Wildman–Crippen LogP) is 3.49. The van der Waals surface area contributed by atoms with Gasteiger partial charge in [-0.2, -0.15) is 5.10 Å². The van der Waals surface area contributed by atoms with Crippen LogP contribution < -0.4 is 5.32 Å². The summed E-state index contributed by atoms with van der Waals surface area (Å²) in [5.41, 5.74) is 3.97. The molecule has 2 heterocycles. The van der Waals surface area contributed by atoms with Crippen molar-refractivity contribution in [3.63, 3.8) is 0 Å². The summed E-state index contributed by atoms with van der Waals surface area (Å²) in [5, 5.41) is 11.9. The number of aromatic nitrogens is 2. The molecule has 0 spiro atoms. The third-order valence-corrected chi connectivity index (χ3v) is 4.49. The zero-order chi connectivity index (χ0) is 15.1. The Labute approximate surface area is 132 Å². The van der Waals surface area contributed by atoms with E-state index in [1.54, 1.807) is 0 Å². The lowest BCUT2D eigenvalue weighted by Crippen LogP contribution is -2.13. The van der Waals surface area contributed by atoms with Gasteiger partial charge < -0.3 is 5.32 Å². The first kappa shape index (κ1) is 13.3. The van der Waals surface area contributed by atoms with E-state index in [4.69, 9.17) is 11.6 Å². The fourth-order valence-corrected chi connectivity index (χ4v) is 3.26. The zero-order valence-corrected chi connectivity index (χ0v) is 12.5. The van der Waals surface area contributed by atoms with Crippen LogP contribution in [0.5, 0.6) is 0 Å². The molecule has 4 rings (SSSR count). The molecule has 1 saturated heterocycles. The van der Waals surface area contributed by atoms with Gasteiger partial charge in [0.2, 0.25) is 5.91 Å². The summed E-state index contributed by atoms with van der Waals surface area (Å²) in [6.45, 7) is 0.718. The van der Waals surface area contributed by atoms with Gasteiger partial charge in [-0.3, -0.25) is 9.89 Å². The van der Waals surface area contributed by atoms with Crippen LogP contribution in [0.25, 0.3) is 22.2 Å². The lowest BCUT2D eigenvalue weighted by Gasteiger charge is -2.08. The third kappa shape index (κ3) is 2.16. The number of nitrogens with one attached hydrogen (secondary N) is 2. The number of aromatic amines is 1. The van der Waals surface area contributed by atoms with Crippen molar-refractivity contribution in [3.05, 3.63) is 53.1 Å². The van der Waals surface area contributed by atoms with E-state index in [9.17, 15) is 4.79 Å². The summed E-state index contributed by atoms with van der Waals surface area (Å²) >= 11 is 6.30. The molecule has 2 N–H and O–H groups in total. The van der Waals surface area contributed by atoms with Crippen molar-refractivity contribution >= 4 is 28.4 Å². The van der Waals surface area contributed by atoms with Crippen molar-refractivity contribution in [1.82, 2.24) is 15.5 Å². The number of nitrogens with zero attached hydrogens (tertiary/aromatic N) is 1. The maximum Gasteiger partial charge on any atom is 0.220 e. The lowest BCUT2D eigenvalue weighted by atomic mass is 9.96. The molecule has 22 heavy (non-hydrogen) atoms. The second-order valence-corrected chi connectivity index (χ2v) is 5.97. The molecule has 1 aliphatic heterocycles. The first-order valence-electron chi connectivity index (χ1n) is 7.22. The topological polar surface area (TPSA) is 57.8 Å². The van der Waals surface area contributed by atoms with Gasteiger partial charge in [-0.25, -0.2) is 0 Å². The largest absolute Gasteiger partial charge is 0.355 e. The fraction of sp³-hybridized carbons (Fsp3) is 0.176. The minimum absolute atomic E-state index is 0.124. The molecule has 0 bridgehead atoms. The summed E-state index contributed by atoms with van der Waals surface area (Å²) in [6, 6.07) is 13.9. The smallest absolute Gasteiger partial charge is 0.220 e. The van der Waals surface area contributed by atoms with Crippen LogP contribution in [-0.4, -0.2) is 22.6 Å². The lowest BCUT2D eigenvalue weighted by molar-refractivity contribution is -0.119. The van der Waals surface area contributed by atoms with Crippen LogP contribution >= 0.6 is 11.6 Å². The first-order chi connectivity index (χ1) is 10.7. The summed E-state index contributed by atoms with van der Waals surface area (Å²) in [7, 11) is 0. The number of carbonyl (C=O) groups excluding carboxylic acids is 1. The highest BCUT2D eigenvalue weighted by Gasteiger charge is 2.23. The fourth-order valence-electron chi connectivity index (χ4n) is 2.99. The minimum atomic E-state index is 0.124. The SMILES string of the molecule is O=C1CC(c2ccc(-c3n[nH]c4cccc(Cl)c34)cc2)CN1. The van der Waals surface area contributed by atoms with Crippen LogP contribution in [0.3, 0.4) is 0 Å². The molecule has 3 aromatic rings. The Morgan fingerprint density at radius 1 is 1.14 bits per heavy atom. The van der Waals surface area contributed by atoms with Crippen LogP contribution in [0.15, 0.2) is 42.5 Å². The van der Waals surface area contributed by atoms with Crippen molar-refractivity contribution in [2.75, 3.05) is 6.54 Å². The normalized spacial score (nSPS) is 17.9. The molecule has 1 atom stereocenters. The molecule has 0 radical (unpaired) electrons. The van der Waals surface area contributed by atoms with Crippen LogP contribution in [0.1, 0.15) is 17.9 Å². The third-order valence-electron chi connectivity index (χ3n) is 4.17. The molecular weight excluding hydrogens is 298 g/mol. The maximum atomic E-state index is 11.3. The molecule has 1 aromatic heterocycles. The van der Waals surface area contributed by atoms with Crippen molar-refractivity contribution in [2.45, 2.75) is 12.3 Å². The van der Waals surface area contributed by atoms with Crippen molar-refractivity contribution in [1.29, 1.82) is 0 Å². The van der Waals surface area contributed by atoms with Gasteiger partial charge in [0.25, 0.3) is 0 Å². The van der Waals surface area contributed by atoms with Crippen LogP contribution in [0, 0.1) is 0 Å². The number of hydrogen-bond donors (Lipinski definition) is 2. The van der Waals surface area contributed by atoms with Crippen molar-refractivity contribution < 1.29 is 4.79 Å². The first-order valence-corrected chi connectivity index (χ1v) is 7.60. The molecule has 1 unspecified atom stereocenters. The van der Waals surface area contributed by atoms with Gasteiger partial charge in [0.05, 0.1) is 10.5 Å². The van der Waals surface area contributed by atoms with Gasteiger partial charge in [0.1, 0.15) is 5.69 Å². The number of amides is 1. The van der Waals surface area contributed by atoms with Gasteiger partial charge in [-0.1, -0.05) is 41.9 Å². The van der Waals surface area contributed by atoms with Crippen molar-refractivity contribution in [2.24, 2.45) is 0 Å². The van der Waals surface area contributed by atoms with Crippen molar-refractivity contribution in [3.8, 4) is 11.3 Å². The van der Waals surface area contributed by atoms with Gasteiger partial charge in [0, 0.05) is 29.8 Å². The molecule has 1 aliphatic rings. The Hall–Kier alpha value is -2.33. The van der Waals surface area contributed by atoms with E-state index in [1.807, 2.05) is 30.3 Å². The summed E-state index contributed by atoms with van der Waals surface area (Å²) in [5.74, 6) is 0.389. The van der Waals surface area contributed by atoms with Crippen LogP contribution in [0.4, 0.5) is 0 Å². The van der Waals surface area contributed by atoms with Crippen LogP contribution in [-0.2, 0) is 4.79 Å². The summed E-state index contributed by atoms with van der Waals surface area (Å²) in [4.78, 5) is 11.3. The number of carbonyl (C=O) groups is 1. The van der Waals surface area contributed by atoms with E-state index in [0.29, 0.717) is 11.4 Å². The Bertz CT molecular complexity index is 854. The van der Waals surface area contributed by atoms with Crippen LogP contribution in [0.2, 0.25) is 5.02 Å².